The number of allylic oxidation sites excluding steroid dienone is 3. The molecule has 0 bridgehead atoms. The Labute approximate surface area is 229 Å². The Morgan fingerprint density at radius 2 is 1.59 bits per heavy atom. The Hall–Kier alpha value is -3.62. The van der Waals surface area contributed by atoms with Crippen LogP contribution in [0.4, 0.5) is 0 Å². The van der Waals surface area contributed by atoms with E-state index < -0.39 is 28.1 Å². The van der Waals surface area contributed by atoms with Crippen molar-refractivity contribution < 1.29 is 19.1 Å². The number of hydrogen-bond acceptors (Lipinski definition) is 8. The lowest BCUT2D eigenvalue weighted by Crippen LogP contribution is -2.50. The van der Waals surface area contributed by atoms with E-state index in [1.807, 2.05) is 12.1 Å². The maximum atomic E-state index is 12.2. The van der Waals surface area contributed by atoms with Crippen molar-refractivity contribution in [3.63, 3.8) is 0 Å². The number of nitrogens with zero attached hydrogens (tertiary/aromatic N) is 4. The summed E-state index contributed by atoms with van der Waals surface area (Å²) in [4.78, 5) is 23.8. The van der Waals surface area contributed by atoms with Crippen LogP contribution in [-0.2, 0) is 19.1 Å². The van der Waals surface area contributed by atoms with E-state index in [2.05, 4.69) is 32.1 Å². The maximum Gasteiger partial charge on any atom is 0.307 e. The topological polar surface area (TPSA) is 148 Å². The Morgan fingerprint density at radius 3 is 2.18 bits per heavy atom. The van der Waals surface area contributed by atoms with E-state index in [1.54, 1.807) is 0 Å². The summed E-state index contributed by atoms with van der Waals surface area (Å²) in [5, 5.41) is 41.2. The molecular formula is C31H34N4O4. The van der Waals surface area contributed by atoms with Gasteiger partial charge in [-0.1, -0.05) is 25.5 Å². The second-order valence-corrected chi connectivity index (χ2v) is 12.7. The smallest absolute Gasteiger partial charge is 0.307 e. The fourth-order valence-electron chi connectivity index (χ4n) is 9.42. The first kappa shape index (κ1) is 27.0. The van der Waals surface area contributed by atoms with Gasteiger partial charge in [-0.25, -0.2) is 0 Å². The molecule has 0 aromatic heterocycles. The van der Waals surface area contributed by atoms with E-state index in [1.165, 1.54) is 19.4 Å². The van der Waals surface area contributed by atoms with Gasteiger partial charge in [0.05, 0.1) is 24.3 Å². The van der Waals surface area contributed by atoms with Gasteiger partial charge < -0.3 is 9.47 Å². The zero-order valence-corrected chi connectivity index (χ0v) is 23.0. The molecule has 202 valence electrons. The standard InChI is InChI=1S/C31H34N4O4/c1-18(36)38-21-7-9-28(3)20(11-21)5-6-22-23(28)8-10-29(4)24(22)12-25-27(29)26(39-19(2)37)13-30(14-32,15-33)31(25,16-34)17-35/h5,21-25H,6-13H2,1-4H3/t21-,22+,23-,24-,25+,28-,29-/m0/s1. The monoisotopic (exact) mass is 526 g/mol. The van der Waals surface area contributed by atoms with E-state index in [0.717, 1.165) is 44.1 Å². The lowest BCUT2D eigenvalue weighted by molar-refractivity contribution is -0.148. The SMILES string of the molecule is CC(=O)OC1=C2[C@@H](C[C@H]3[C@@H]4CC=C5C[C@@H](OC(C)=O)CC[C@]5(C)[C@H]4CC[C@]23C)C(C#N)(C#N)C(C#N)(C#N)C1. The molecule has 8 heteroatoms. The summed E-state index contributed by atoms with van der Waals surface area (Å²) in [6, 6.07) is 8.31. The molecule has 3 fully saturated rings. The van der Waals surface area contributed by atoms with Crippen LogP contribution in [0.15, 0.2) is 23.0 Å². The van der Waals surface area contributed by atoms with Crippen LogP contribution in [0.3, 0.4) is 0 Å². The van der Waals surface area contributed by atoms with Crippen LogP contribution in [0.2, 0.25) is 0 Å². The van der Waals surface area contributed by atoms with Gasteiger partial charge >= 0.3 is 11.9 Å². The summed E-state index contributed by atoms with van der Waals surface area (Å²) in [6.07, 6.45) is 7.59. The molecule has 0 radical (unpaired) electrons. The number of ether oxygens (including phenoxy) is 2. The van der Waals surface area contributed by atoms with Crippen molar-refractivity contribution in [1.82, 2.24) is 0 Å². The molecule has 5 aliphatic rings. The number of nitriles is 4. The third-order valence-corrected chi connectivity index (χ3v) is 11.2. The zero-order chi connectivity index (χ0) is 28.4. The molecule has 0 aromatic carbocycles. The number of hydrogen-bond donors (Lipinski definition) is 0. The largest absolute Gasteiger partial charge is 0.462 e. The molecule has 0 aliphatic heterocycles. The quantitative estimate of drug-likeness (QED) is 0.343. The molecule has 5 aliphatic carbocycles. The molecule has 0 aromatic rings. The number of carbonyl (C=O) groups is 2. The van der Waals surface area contributed by atoms with Crippen LogP contribution in [-0.4, -0.2) is 18.0 Å². The van der Waals surface area contributed by atoms with Crippen molar-refractivity contribution in [3.05, 3.63) is 23.0 Å². The molecule has 0 spiro atoms. The van der Waals surface area contributed by atoms with Crippen molar-refractivity contribution in [2.75, 3.05) is 0 Å². The van der Waals surface area contributed by atoms with Gasteiger partial charge in [-0.15, -0.1) is 0 Å². The van der Waals surface area contributed by atoms with Crippen molar-refractivity contribution in [1.29, 1.82) is 21.0 Å². The molecular weight excluding hydrogens is 492 g/mol. The summed E-state index contributed by atoms with van der Waals surface area (Å²) >= 11 is 0. The predicted octanol–water partition coefficient (Wildman–Crippen LogP) is 5.40. The molecule has 0 amide bonds. The summed E-state index contributed by atoms with van der Waals surface area (Å²) in [7, 11) is 0. The number of esters is 2. The van der Waals surface area contributed by atoms with Gasteiger partial charge in [-0.2, -0.15) is 21.0 Å². The molecule has 0 unspecified atom stereocenters. The minimum Gasteiger partial charge on any atom is -0.462 e. The van der Waals surface area contributed by atoms with E-state index in [0.29, 0.717) is 18.1 Å². The average molecular weight is 527 g/mol. The average Bonchev–Trinajstić information content (AvgIpc) is 3.22. The molecule has 8 nitrogen and oxygen atoms in total. The molecule has 7 atom stereocenters. The van der Waals surface area contributed by atoms with Crippen molar-refractivity contribution in [2.24, 2.45) is 45.3 Å². The maximum absolute atomic E-state index is 12.2. The second kappa shape index (κ2) is 8.96. The Balaban J connectivity index is 1.60. The summed E-state index contributed by atoms with van der Waals surface area (Å²) in [5.74, 6) is -0.361. The first-order chi connectivity index (χ1) is 18.4. The molecule has 39 heavy (non-hydrogen) atoms. The van der Waals surface area contributed by atoms with Gasteiger partial charge in [-0.05, 0) is 72.7 Å². The lowest BCUT2D eigenvalue weighted by Gasteiger charge is -2.57. The van der Waals surface area contributed by atoms with E-state index in [-0.39, 0.29) is 35.7 Å². The fraction of sp³-hybridized carbons (Fsp3) is 0.677. The first-order valence-corrected chi connectivity index (χ1v) is 13.9. The predicted molar refractivity (Wildman–Crippen MR) is 137 cm³/mol. The van der Waals surface area contributed by atoms with E-state index in [4.69, 9.17) is 9.47 Å². The number of carbonyl (C=O) groups excluding carboxylic acids is 2. The summed E-state index contributed by atoms with van der Waals surface area (Å²) in [5.41, 5.74) is -2.07. The third-order valence-electron chi connectivity index (χ3n) is 11.2. The van der Waals surface area contributed by atoms with Gasteiger partial charge in [0.25, 0.3) is 0 Å². The minimum atomic E-state index is -1.93. The molecule has 3 saturated carbocycles. The molecule has 5 rings (SSSR count). The number of fused-ring (bicyclic) bond motifs is 7. The zero-order valence-electron chi connectivity index (χ0n) is 23.0. The second-order valence-electron chi connectivity index (χ2n) is 12.7. The number of rotatable bonds is 2. The van der Waals surface area contributed by atoms with Crippen molar-refractivity contribution >= 4 is 11.9 Å². The van der Waals surface area contributed by atoms with Crippen LogP contribution in [0.25, 0.3) is 0 Å². The fourth-order valence-corrected chi connectivity index (χ4v) is 9.42. The molecule has 0 N–H and O–H groups in total. The van der Waals surface area contributed by atoms with Crippen LogP contribution in [0, 0.1) is 90.7 Å². The van der Waals surface area contributed by atoms with Crippen LogP contribution in [0.5, 0.6) is 0 Å². The Kier molecular flexibility index (Phi) is 6.20. The minimum absolute atomic E-state index is 0.0215. The van der Waals surface area contributed by atoms with Gasteiger partial charge in [0.1, 0.15) is 11.9 Å². The highest BCUT2D eigenvalue weighted by Gasteiger charge is 2.71. The van der Waals surface area contributed by atoms with Gasteiger partial charge in [0.2, 0.25) is 0 Å². The van der Waals surface area contributed by atoms with E-state index >= 15 is 0 Å². The summed E-state index contributed by atoms with van der Waals surface area (Å²) < 4.78 is 11.3. The van der Waals surface area contributed by atoms with Crippen LogP contribution in [0.1, 0.15) is 79.1 Å². The third kappa shape index (κ3) is 3.51. The van der Waals surface area contributed by atoms with Gasteiger partial charge in [0, 0.05) is 32.6 Å². The molecule has 0 saturated heterocycles. The molecule has 0 heterocycles. The Morgan fingerprint density at radius 1 is 0.923 bits per heavy atom. The van der Waals surface area contributed by atoms with Crippen LogP contribution < -0.4 is 0 Å². The normalized spacial score (nSPS) is 39.0. The summed E-state index contributed by atoms with van der Waals surface area (Å²) in [6.45, 7) is 7.25. The highest BCUT2D eigenvalue weighted by molar-refractivity contribution is 5.68. The van der Waals surface area contributed by atoms with Gasteiger partial charge in [-0.3, -0.25) is 9.59 Å². The Bertz CT molecular complexity index is 1340. The first-order valence-electron chi connectivity index (χ1n) is 13.9. The lowest BCUT2D eigenvalue weighted by atomic mass is 9.47. The van der Waals surface area contributed by atoms with E-state index in [9.17, 15) is 30.6 Å². The van der Waals surface area contributed by atoms with Crippen molar-refractivity contribution in [3.8, 4) is 24.3 Å². The highest BCUT2D eigenvalue weighted by Crippen LogP contribution is 2.72. The van der Waals surface area contributed by atoms with Crippen molar-refractivity contribution in [2.45, 2.75) is 85.2 Å². The van der Waals surface area contributed by atoms with Gasteiger partial charge in [0.15, 0.2) is 10.8 Å². The van der Waals surface area contributed by atoms with Crippen LogP contribution >= 0.6 is 0 Å². The highest BCUT2D eigenvalue weighted by atomic mass is 16.5.